The summed E-state index contributed by atoms with van der Waals surface area (Å²) in [5, 5.41) is 11.6. The van der Waals surface area contributed by atoms with Gasteiger partial charge in [0, 0.05) is 16.5 Å². The summed E-state index contributed by atoms with van der Waals surface area (Å²) in [7, 11) is 0. The Morgan fingerprint density at radius 1 is 1.17 bits per heavy atom. The zero-order valence-electron chi connectivity index (χ0n) is 20.0. The predicted octanol–water partition coefficient (Wildman–Crippen LogP) is 5.64. The van der Waals surface area contributed by atoms with Crippen LogP contribution in [0.2, 0.25) is 0 Å². The highest BCUT2D eigenvalue weighted by Crippen LogP contribution is 2.33. The maximum atomic E-state index is 13.9. The van der Waals surface area contributed by atoms with Crippen LogP contribution in [0.3, 0.4) is 0 Å². The number of anilines is 1. The molecule has 0 aliphatic carbocycles. The van der Waals surface area contributed by atoms with E-state index in [9.17, 15) is 23.5 Å². The molecule has 1 amide bonds. The Morgan fingerprint density at radius 2 is 1.83 bits per heavy atom. The minimum Gasteiger partial charge on any atom is -0.480 e. The van der Waals surface area contributed by atoms with Gasteiger partial charge in [0.2, 0.25) is 5.90 Å². The first-order chi connectivity index (χ1) is 16.4. The highest BCUT2D eigenvalue weighted by Gasteiger charge is 2.28. The lowest BCUT2D eigenvalue weighted by molar-refractivity contribution is -0.138. The van der Waals surface area contributed by atoms with Crippen LogP contribution < -0.4 is 11.1 Å². The van der Waals surface area contributed by atoms with Crippen molar-refractivity contribution in [1.82, 2.24) is 0 Å². The smallest absolute Gasteiger partial charge is 0.319 e. The summed E-state index contributed by atoms with van der Waals surface area (Å²) >= 11 is 1.20. The summed E-state index contributed by atoms with van der Waals surface area (Å²) < 4.78 is 31.8. The van der Waals surface area contributed by atoms with Gasteiger partial charge in [-0.25, -0.2) is 13.8 Å². The first kappa shape index (κ1) is 27.8. The van der Waals surface area contributed by atoms with Gasteiger partial charge in [0.05, 0.1) is 18.0 Å². The monoisotopic (exact) mass is 505 g/mol. The van der Waals surface area contributed by atoms with Gasteiger partial charge in [-0.1, -0.05) is 13.3 Å². The molecule has 188 valence electrons. The molecule has 2 aromatic rings. The fourth-order valence-corrected chi connectivity index (χ4v) is 3.60. The first-order valence-electron chi connectivity index (χ1n) is 10.9. The number of halogens is 2. The van der Waals surface area contributed by atoms with E-state index in [4.69, 9.17) is 10.5 Å². The average molecular weight is 506 g/mol. The summed E-state index contributed by atoms with van der Waals surface area (Å²) in [6.07, 6.45) is 1.63. The van der Waals surface area contributed by atoms with Crippen molar-refractivity contribution in [3.63, 3.8) is 0 Å². The second-order valence-corrected chi connectivity index (χ2v) is 9.84. The lowest BCUT2D eigenvalue weighted by Crippen LogP contribution is -2.26. The molecule has 0 aliphatic heterocycles. The standard InChI is InChI=1S/C25H29F2N3O4S/c1-5-6-13-34-23(29-17-8-10-18(11-9-17)35-25(3,4)24(32)33)15(2)21(28)22(31)30-20-12-7-16(26)14-19(20)27/h7-12,14H,5-6,13,28H2,1-4H3,(H,30,31)(H,32,33). The van der Waals surface area contributed by atoms with E-state index in [0.717, 1.165) is 29.9 Å². The van der Waals surface area contributed by atoms with Gasteiger partial charge in [-0.15, -0.1) is 11.8 Å². The number of benzene rings is 2. The Kier molecular flexibility index (Phi) is 9.82. The topological polar surface area (TPSA) is 114 Å². The van der Waals surface area contributed by atoms with E-state index in [1.807, 2.05) is 6.92 Å². The van der Waals surface area contributed by atoms with Crippen molar-refractivity contribution in [3.8, 4) is 0 Å². The second-order valence-electron chi connectivity index (χ2n) is 8.15. The quantitative estimate of drug-likeness (QED) is 0.127. The number of aliphatic imine (C=N–C) groups is 1. The van der Waals surface area contributed by atoms with Gasteiger partial charge in [-0.05, 0) is 63.6 Å². The zero-order chi connectivity index (χ0) is 26.2. The van der Waals surface area contributed by atoms with E-state index in [0.29, 0.717) is 18.4 Å². The molecule has 35 heavy (non-hydrogen) atoms. The van der Waals surface area contributed by atoms with Crippen LogP contribution >= 0.6 is 11.8 Å². The fourth-order valence-electron chi connectivity index (χ4n) is 2.65. The normalized spacial score (nSPS) is 12.7. The van der Waals surface area contributed by atoms with Crippen LogP contribution in [0.5, 0.6) is 0 Å². The number of carbonyl (C=O) groups is 2. The molecule has 2 aromatic carbocycles. The number of nitrogens with two attached hydrogens (primary N) is 1. The molecule has 0 radical (unpaired) electrons. The molecule has 4 N–H and O–H groups in total. The van der Waals surface area contributed by atoms with Crippen LogP contribution in [0.4, 0.5) is 20.2 Å². The number of carbonyl (C=O) groups excluding carboxylic acids is 1. The third kappa shape index (κ3) is 8.10. The molecule has 0 heterocycles. The van der Waals surface area contributed by atoms with Crippen molar-refractivity contribution in [2.24, 2.45) is 10.7 Å². The predicted molar refractivity (Wildman–Crippen MR) is 134 cm³/mol. The second kappa shape index (κ2) is 12.3. The number of amides is 1. The summed E-state index contributed by atoms with van der Waals surface area (Å²) in [5.74, 6) is -3.29. The molecule has 0 aliphatic rings. The molecule has 0 spiro atoms. The Balaban J connectivity index is 2.30. The van der Waals surface area contributed by atoms with Gasteiger partial charge in [0.25, 0.3) is 5.91 Å². The number of carboxylic acid groups (broad SMARTS) is 1. The number of hydrogen-bond acceptors (Lipinski definition) is 6. The number of rotatable bonds is 10. The van der Waals surface area contributed by atoms with Crippen molar-refractivity contribution in [1.29, 1.82) is 0 Å². The van der Waals surface area contributed by atoms with Crippen LogP contribution in [0, 0.1) is 11.6 Å². The lowest BCUT2D eigenvalue weighted by atomic mass is 10.2. The van der Waals surface area contributed by atoms with Crippen LogP contribution in [-0.2, 0) is 14.3 Å². The van der Waals surface area contributed by atoms with Gasteiger partial charge in [0.1, 0.15) is 22.1 Å². The molecular formula is C25H29F2N3O4S. The molecule has 7 nitrogen and oxygen atoms in total. The zero-order valence-corrected chi connectivity index (χ0v) is 20.8. The average Bonchev–Trinajstić information content (AvgIpc) is 2.80. The molecule has 0 unspecified atom stereocenters. The van der Waals surface area contributed by atoms with Gasteiger partial charge >= 0.3 is 5.97 Å². The minimum atomic E-state index is -0.996. The maximum absolute atomic E-state index is 13.9. The van der Waals surface area contributed by atoms with Crippen LogP contribution in [0.15, 0.2) is 63.6 Å². The van der Waals surface area contributed by atoms with Crippen LogP contribution in [0.1, 0.15) is 40.5 Å². The molecular weight excluding hydrogens is 476 g/mol. The molecule has 0 saturated carbocycles. The largest absolute Gasteiger partial charge is 0.480 e. The summed E-state index contributed by atoms with van der Waals surface area (Å²) in [6.45, 7) is 7.13. The Hall–Kier alpha value is -3.40. The highest BCUT2D eigenvalue weighted by molar-refractivity contribution is 8.01. The number of aliphatic carboxylic acids is 1. The number of unbranched alkanes of at least 4 members (excludes halogenated alkanes) is 1. The summed E-state index contributed by atoms with van der Waals surface area (Å²) in [5.41, 5.74) is 6.32. The molecule has 2 rings (SSSR count). The number of nitrogens with one attached hydrogen (secondary N) is 1. The van der Waals surface area contributed by atoms with E-state index in [1.54, 1.807) is 45.0 Å². The van der Waals surface area contributed by atoms with Crippen molar-refractivity contribution >= 4 is 40.9 Å². The molecule has 0 atom stereocenters. The minimum absolute atomic E-state index is 0.122. The third-order valence-electron chi connectivity index (χ3n) is 4.84. The van der Waals surface area contributed by atoms with E-state index >= 15 is 0 Å². The summed E-state index contributed by atoms with van der Waals surface area (Å²) in [6, 6.07) is 9.65. The number of thioether (sulfide) groups is 1. The molecule has 0 fully saturated rings. The Morgan fingerprint density at radius 3 is 2.40 bits per heavy atom. The highest BCUT2D eigenvalue weighted by atomic mass is 32.2. The summed E-state index contributed by atoms with van der Waals surface area (Å²) in [4.78, 5) is 29.2. The Labute approximate surface area is 207 Å². The number of carboxylic acids is 1. The van der Waals surface area contributed by atoms with Crippen LogP contribution in [-0.4, -0.2) is 34.2 Å². The van der Waals surface area contributed by atoms with E-state index in [1.165, 1.54) is 11.8 Å². The van der Waals surface area contributed by atoms with Crippen LogP contribution in [0.25, 0.3) is 0 Å². The maximum Gasteiger partial charge on any atom is 0.319 e. The van der Waals surface area contributed by atoms with E-state index in [2.05, 4.69) is 10.3 Å². The van der Waals surface area contributed by atoms with Gasteiger partial charge in [-0.3, -0.25) is 9.59 Å². The Bertz CT molecular complexity index is 1130. The van der Waals surface area contributed by atoms with E-state index in [-0.39, 0.29) is 22.9 Å². The van der Waals surface area contributed by atoms with Crippen molar-refractivity contribution in [2.45, 2.75) is 50.2 Å². The van der Waals surface area contributed by atoms with Crippen molar-refractivity contribution in [2.75, 3.05) is 11.9 Å². The fraction of sp³-hybridized carbons (Fsp3) is 0.320. The van der Waals surface area contributed by atoms with Gasteiger partial charge in [-0.2, -0.15) is 0 Å². The first-order valence-corrected chi connectivity index (χ1v) is 11.7. The molecule has 0 saturated heterocycles. The lowest BCUT2D eigenvalue weighted by Gasteiger charge is -2.18. The van der Waals surface area contributed by atoms with Gasteiger partial charge < -0.3 is 20.9 Å². The number of hydrogen-bond donors (Lipinski definition) is 3. The van der Waals surface area contributed by atoms with Crippen molar-refractivity contribution < 1.29 is 28.2 Å². The molecule has 10 heteroatoms. The molecule has 0 bridgehead atoms. The van der Waals surface area contributed by atoms with E-state index < -0.39 is 28.3 Å². The van der Waals surface area contributed by atoms with Gasteiger partial charge in [0.15, 0.2) is 0 Å². The molecule has 0 aromatic heterocycles. The number of nitrogens with zero attached hydrogens (tertiary/aromatic N) is 1. The third-order valence-corrected chi connectivity index (χ3v) is 6.03. The van der Waals surface area contributed by atoms with Crippen molar-refractivity contribution in [3.05, 3.63) is 65.4 Å². The SMILES string of the molecule is CCCCOC(=Nc1ccc(SC(C)(C)C(=O)O)cc1)C(C)=C(N)C(=O)Nc1ccc(F)cc1F. The number of ether oxygens (including phenoxy) is 1.